The average molecular weight is 518 g/mol. The molecule has 2 aromatic rings. The molecule has 37 heavy (non-hydrogen) atoms. The van der Waals surface area contributed by atoms with Crippen LogP contribution in [0.1, 0.15) is 55.5 Å². The Bertz CT molecular complexity index is 1190. The van der Waals surface area contributed by atoms with E-state index in [1.807, 2.05) is 20.5 Å². The highest BCUT2D eigenvalue weighted by Crippen LogP contribution is 2.54. The van der Waals surface area contributed by atoms with Crippen LogP contribution in [0.25, 0.3) is 0 Å². The van der Waals surface area contributed by atoms with Crippen molar-refractivity contribution in [1.29, 1.82) is 0 Å². The van der Waals surface area contributed by atoms with Crippen molar-refractivity contribution in [3.8, 4) is 0 Å². The first-order valence-electron chi connectivity index (χ1n) is 13.1. The normalized spacial score (nSPS) is 26.7. The standard InChI is InChI=1S/C25H30F3N7O2/c26-25(27,28)18-3-6-32(12-18)20-2-1-16(9-29-20)17-10-33(11-17)22(36)34-13-23(14-34)7-19(8-23)35-15-30-21(31-35)24(37)4-5-24/h1-2,9,15,17-19,37H,3-8,10-14H2/t18-/m1/s1. The van der Waals surface area contributed by atoms with Gasteiger partial charge < -0.3 is 19.8 Å². The van der Waals surface area contributed by atoms with Gasteiger partial charge in [-0.25, -0.2) is 19.4 Å². The lowest BCUT2D eigenvalue weighted by molar-refractivity contribution is -0.168. The van der Waals surface area contributed by atoms with Gasteiger partial charge in [-0.1, -0.05) is 6.07 Å². The van der Waals surface area contributed by atoms with Gasteiger partial charge in [-0.05, 0) is 43.7 Å². The number of pyridine rings is 1. The Labute approximate surface area is 212 Å². The molecule has 5 fully saturated rings. The quantitative estimate of drug-likeness (QED) is 0.671. The molecule has 2 aromatic heterocycles. The molecule has 12 heteroatoms. The van der Waals surface area contributed by atoms with E-state index in [-0.39, 0.29) is 36.4 Å². The number of halogens is 3. The van der Waals surface area contributed by atoms with Gasteiger partial charge in [0.05, 0.1) is 12.0 Å². The second-order valence-electron chi connectivity index (χ2n) is 11.8. The van der Waals surface area contributed by atoms with Crippen molar-refractivity contribution in [2.45, 2.75) is 55.8 Å². The molecule has 2 aliphatic carbocycles. The Morgan fingerprint density at radius 1 is 1.05 bits per heavy atom. The second kappa shape index (κ2) is 7.81. The number of aromatic nitrogens is 4. The number of carbonyl (C=O) groups is 1. The second-order valence-corrected chi connectivity index (χ2v) is 11.8. The summed E-state index contributed by atoms with van der Waals surface area (Å²) >= 11 is 0. The Hall–Kier alpha value is -2.89. The van der Waals surface area contributed by atoms with Gasteiger partial charge in [0.15, 0.2) is 5.82 Å². The fourth-order valence-electron chi connectivity index (χ4n) is 6.40. The summed E-state index contributed by atoms with van der Waals surface area (Å²) in [5.74, 6) is 0.0291. The third kappa shape index (κ3) is 3.95. The highest BCUT2D eigenvalue weighted by molar-refractivity contribution is 5.77. The lowest BCUT2D eigenvalue weighted by atomic mass is 9.61. The van der Waals surface area contributed by atoms with Crippen molar-refractivity contribution in [2.24, 2.45) is 11.3 Å². The van der Waals surface area contributed by atoms with E-state index in [2.05, 4.69) is 15.1 Å². The molecule has 7 rings (SSSR count). The van der Waals surface area contributed by atoms with Crippen LogP contribution >= 0.6 is 0 Å². The van der Waals surface area contributed by atoms with E-state index in [1.165, 1.54) is 0 Å². The van der Waals surface area contributed by atoms with Gasteiger partial charge in [-0.2, -0.15) is 18.3 Å². The number of amides is 2. The molecule has 0 radical (unpaired) electrons. The van der Waals surface area contributed by atoms with Crippen LogP contribution in [-0.4, -0.2) is 86.1 Å². The summed E-state index contributed by atoms with van der Waals surface area (Å²) in [7, 11) is 0. The summed E-state index contributed by atoms with van der Waals surface area (Å²) in [6.45, 7) is 3.12. The van der Waals surface area contributed by atoms with E-state index in [9.17, 15) is 23.1 Å². The van der Waals surface area contributed by atoms with Crippen LogP contribution in [0.4, 0.5) is 23.8 Å². The van der Waals surface area contributed by atoms with E-state index in [4.69, 9.17) is 0 Å². The van der Waals surface area contributed by atoms with Crippen LogP contribution < -0.4 is 4.90 Å². The zero-order valence-corrected chi connectivity index (χ0v) is 20.4. The molecule has 1 spiro atoms. The van der Waals surface area contributed by atoms with Crippen molar-refractivity contribution in [1.82, 2.24) is 29.5 Å². The molecule has 5 aliphatic rings. The number of carbonyl (C=O) groups excluding carboxylic acids is 1. The monoisotopic (exact) mass is 517 g/mol. The third-order valence-corrected chi connectivity index (χ3v) is 9.05. The highest BCUT2D eigenvalue weighted by Gasteiger charge is 2.56. The molecule has 1 N–H and O–H groups in total. The summed E-state index contributed by atoms with van der Waals surface area (Å²) < 4.78 is 40.7. The number of anilines is 1. The number of hydrogen-bond acceptors (Lipinski definition) is 6. The lowest BCUT2D eigenvalue weighted by Gasteiger charge is -2.60. The van der Waals surface area contributed by atoms with Crippen LogP contribution in [-0.2, 0) is 5.60 Å². The van der Waals surface area contributed by atoms with E-state index in [0.29, 0.717) is 31.3 Å². The topological polar surface area (TPSA) is 90.6 Å². The maximum atomic E-state index is 13.0. The fourth-order valence-corrected chi connectivity index (χ4v) is 6.40. The molecule has 2 amide bonds. The molecule has 0 aromatic carbocycles. The number of hydrogen-bond donors (Lipinski definition) is 1. The number of rotatable bonds is 4. The molecule has 0 bridgehead atoms. The van der Waals surface area contributed by atoms with E-state index >= 15 is 0 Å². The highest BCUT2D eigenvalue weighted by atomic mass is 19.4. The first-order chi connectivity index (χ1) is 17.6. The maximum absolute atomic E-state index is 13.0. The minimum absolute atomic E-state index is 0.0388. The Morgan fingerprint density at radius 2 is 1.81 bits per heavy atom. The largest absolute Gasteiger partial charge is 0.393 e. The lowest BCUT2D eigenvalue weighted by Crippen LogP contribution is -2.67. The van der Waals surface area contributed by atoms with Crippen LogP contribution in [0, 0.1) is 11.3 Å². The number of nitrogens with zero attached hydrogens (tertiary/aromatic N) is 7. The third-order valence-electron chi connectivity index (χ3n) is 9.05. The molecular weight excluding hydrogens is 487 g/mol. The van der Waals surface area contributed by atoms with E-state index < -0.39 is 17.7 Å². The molecule has 1 atom stereocenters. The summed E-state index contributed by atoms with van der Waals surface area (Å²) in [4.78, 5) is 27.1. The molecule has 2 saturated carbocycles. The van der Waals surface area contributed by atoms with Gasteiger partial charge in [-0.3, -0.25) is 0 Å². The first-order valence-corrected chi connectivity index (χ1v) is 13.1. The van der Waals surface area contributed by atoms with Gasteiger partial charge in [0.25, 0.3) is 0 Å². The molecule has 9 nitrogen and oxygen atoms in total. The van der Waals surface area contributed by atoms with Crippen LogP contribution in [0.5, 0.6) is 0 Å². The van der Waals surface area contributed by atoms with Crippen molar-refractivity contribution in [2.75, 3.05) is 44.2 Å². The number of aliphatic hydroxyl groups is 1. The fraction of sp³-hybridized carbons (Fsp3) is 0.680. The molecule has 3 saturated heterocycles. The molecule has 0 unspecified atom stereocenters. The minimum atomic E-state index is -4.16. The number of urea groups is 1. The Kier molecular flexibility index (Phi) is 4.91. The van der Waals surface area contributed by atoms with Gasteiger partial charge in [0.1, 0.15) is 17.7 Å². The number of likely N-dealkylation sites (tertiary alicyclic amines) is 2. The predicted octanol–water partition coefficient (Wildman–Crippen LogP) is 2.90. The summed E-state index contributed by atoms with van der Waals surface area (Å²) in [6, 6.07) is 4.09. The summed E-state index contributed by atoms with van der Waals surface area (Å²) in [5, 5.41) is 14.7. The van der Waals surface area contributed by atoms with Crippen molar-refractivity contribution >= 4 is 11.8 Å². The molecule has 198 valence electrons. The van der Waals surface area contributed by atoms with Gasteiger partial charge in [0, 0.05) is 56.8 Å². The van der Waals surface area contributed by atoms with E-state index in [1.54, 1.807) is 23.5 Å². The Balaban J connectivity index is 0.866. The smallest absolute Gasteiger partial charge is 0.382 e. The van der Waals surface area contributed by atoms with Crippen molar-refractivity contribution < 1.29 is 23.1 Å². The first kappa shape index (κ1) is 23.2. The number of alkyl halides is 3. The van der Waals surface area contributed by atoms with Gasteiger partial charge in [0.2, 0.25) is 0 Å². The zero-order valence-electron chi connectivity index (χ0n) is 20.4. The average Bonchev–Trinajstić information content (AvgIpc) is 3.17. The summed E-state index contributed by atoms with van der Waals surface area (Å²) in [6.07, 6.45) is 2.81. The molecular formula is C25H30F3N7O2. The minimum Gasteiger partial charge on any atom is -0.382 e. The van der Waals surface area contributed by atoms with Crippen LogP contribution in [0.3, 0.4) is 0 Å². The Morgan fingerprint density at radius 3 is 2.43 bits per heavy atom. The van der Waals surface area contributed by atoms with E-state index in [0.717, 1.165) is 44.3 Å². The SMILES string of the molecule is O=C(N1CC(c2ccc(N3CC[C@@H](C(F)(F)F)C3)nc2)C1)N1CC2(CC(n3cnc(C4(O)CC4)n3)C2)C1. The van der Waals surface area contributed by atoms with Gasteiger partial charge in [-0.15, -0.1) is 0 Å². The van der Waals surface area contributed by atoms with Gasteiger partial charge >= 0.3 is 12.2 Å². The predicted molar refractivity (Wildman–Crippen MR) is 126 cm³/mol. The summed E-state index contributed by atoms with van der Waals surface area (Å²) in [5.41, 5.74) is 0.380. The zero-order chi connectivity index (χ0) is 25.6. The van der Waals surface area contributed by atoms with Crippen molar-refractivity contribution in [3.63, 3.8) is 0 Å². The molecule has 3 aliphatic heterocycles. The molecule has 5 heterocycles. The van der Waals surface area contributed by atoms with Crippen LogP contribution in [0.2, 0.25) is 0 Å². The van der Waals surface area contributed by atoms with Crippen molar-refractivity contribution in [3.05, 3.63) is 36.0 Å². The maximum Gasteiger partial charge on any atom is 0.393 e. The van der Waals surface area contributed by atoms with Crippen LogP contribution in [0.15, 0.2) is 24.7 Å².